The molecular formula is C8H17NO2. The summed E-state index contributed by atoms with van der Waals surface area (Å²) in [6.45, 7) is 7.09. The summed E-state index contributed by atoms with van der Waals surface area (Å²) in [6.07, 6.45) is 2.11. The van der Waals surface area contributed by atoms with Gasteiger partial charge in [-0.15, -0.1) is 0 Å². The third-order valence-electron chi connectivity index (χ3n) is 1.67. The summed E-state index contributed by atoms with van der Waals surface area (Å²) in [5.74, 6) is -0.572. The van der Waals surface area contributed by atoms with E-state index in [1.54, 1.807) is 0 Å². The predicted octanol–water partition coefficient (Wildman–Crippen LogP) is 1.68. The van der Waals surface area contributed by atoms with E-state index in [0.717, 1.165) is 19.6 Å². The molecule has 0 aromatic carbocycles. The van der Waals surface area contributed by atoms with Crippen LogP contribution in [0, 0.1) is 0 Å². The van der Waals surface area contributed by atoms with Crippen molar-refractivity contribution < 1.29 is 10.2 Å². The second kappa shape index (κ2) is 6.04. The Balaban J connectivity index is 3.43. The van der Waals surface area contributed by atoms with Crippen LogP contribution in [0.1, 0.15) is 20.3 Å². The lowest BCUT2D eigenvalue weighted by Gasteiger charge is -2.15. The fraction of sp³-hybridized carbons (Fsp3) is 0.750. The molecule has 0 fully saturated rings. The Hall–Kier alpha value is -0.700. The number of rotatable bonds is 5. The van der Waals surface area contributed by atoms with Crippen molar-refractivity contribution in [3.05, 3.63) is 12.0 Å². The molecule has 3 heteroatoms. The molecule has 0 aromatic rings. The van der Waals surface area contributed by atoms with Crippen LogP contribution in [-0.4, -0.2) is 34.7 Å². The van der Waals surface area contributed by atoms with E-state index in [1.165, 1.54) is 6.08 Å². The van der Waals surface area contributed by atoms with Gasteiger partial charge >= 0.3 is 0 Å². The second-order valence-electron chi connectivity index (χ2n) is 2.38. The molecular weight excluding hydrogens is 142 g/mol. The predicted molar refractivity (Wildman–Crippen MR) is 45.7 cm³/mol. The molecule has 0 saturated carbocycles. The van der Waals surface area contributed by atoms with Crippen molar-refractivity contribution in [1.29, 1.82) is 0 Å². The zero-order valence-corrected chi connectivity index (χ0v) is 7.25. The smallest absolute Gasteiger partial charge is 0.269 e. The number of nitrogens with zero attached hydrogens (tertiary/aromatic N) is 1. The number of hydrogen-bond acceptors (Lipinski definition) is 3. The molecule has 0 amide bonds. The molecule has 0 aromatic heterocycles. The average Bonchev–Trinajstić information content (AvgIpc) is 1.98. The Morgan fingerprint density at radius 3 is 2.18 bits per heavy atom. The van der Waals surface area contributed by atoms with Crippen LogP contribution in [-0.2, 0) is 0 Å². The maximum atomic E-state index is 8.41. The SMILES string of the molecule is CCN(CC)CCC=C(O)O. The number of aliphatic hydroxyl groups is 2. The molecule has 0 saturated heterocycles. The van der Waals surface area contributed by atoms with Gasteiger partial charge in [0, 0.05) is 6.54 Å². The van der Waals surface area contributed by atoms with Crippen molar-refractivity contribution in [2.24, 2.45) is 0 Å². The van der Waals surface area contributed by atoms with Crippen molar-refractivity contribution in [3.8, 4) is 0 Å². The van der Waals surface area contributed by atoms with Gasteiger partial charge in [-0.1, -0.05) is 13.8 Å². The third kappa shape index (κ3) is 5.73. The van der Waals surface area contributed by atoms with Gasteiger partial charge in [0.05, 0.1) is 0 Å². The zero-order chi connectivity index (χ0) is 8.69. The molecule has 0 unspecified atom stereocenters. The van der Waals surface area contributed by atoms with E-state index in [9.17, 15) is 0 Å². The van der Waals surface area contributed by atoms with Crippen LogP contribution in [0.15, 0.2) is 12.0 Å². The van der Waals surface area contributed by atoms with Gasteiger partial charge in [0.2, 0.25) is 0 Å². The molecule has 0 rings (SSSR count). The van der Waals surface area contributed by atoms with Crippen molar-refractivity contribution in [2.75, 3.05) is 19.6 Å². The van der Waals surface area contributed by atoms with Gasteiger partial charge in [-0.3, -0.25) is 0 Å². The van der Waals surface area contributed by atoms with Crippen molar-refractivity contribution in [1.82, 2.24) is 4.90 Å². The lowest BCUT2D eigenvalue weighted by molar-refractivity contribution is 0.187. The van der Waals surface area contributed by atoms with E-state index in [-0.39, 0.29) is 0 Å². The molecule has 0 atom stereocenters. The van der Waals surface area contributed by atoms with Crippen LogP contribution in [0.2, 0.25) is 0 Å². The van der Waals surface area contributed by atoms with Gasteiger partial charge in [-0.05, 0) is 25.6 Å². The highest BCUT2D eigenvalue weighted by Crippen LogP contribution is 1.93. The molecule has 0 aliphatic carbocycles. The summed E-state index contributed by atoms with van der Waals surface area (Å²) < 4.78 is 0. The highest BCUT2D eigenvalue weighted by atomic mass is 16.5. The summed E-state index contributed by atoms with van der Waals surface area (Å²) in [5, 5.41) is 16.8. The van der Waals surface area contributed by atoms with Crippen molar-refractivity contribution in [3.63, 3.8) is 0 Å². The van der Waals surface area contributed by atoms with E-state index >= 15 is 0 Å². The minimum atomic E-state index is -0.572. The molecule has 11 heavy (non-hydrogen) atoms. The first-order valence-corrected chi connectivity index (χ1v) is 4.01. The van der Waals surface area contributed by atoms with Gasteiger partial charge in [-0.2, -0.15) is 0 Å². The maximum absolute atomic E-state index is 8.41. The normalized spacial score (nSPS) is 10.1. The maximum Gasteiger partial charge on any atom is 0.269 e. The van der Waals surface area contributed by atoms with Crippen molar-refractivity contribution in [2.45, 2.75) is 20.3 Å². The zero-order valence-electron chi connectivity index (χ0n) is 7.25. The first-order chi connectivity index (χ1) is 5.20. The minimum Gasteiger partial charge on any atom is -0.481 e. The van der Waals surface area contributed by atoms with Gasteiger partial charge in [0.15, 0.2) is 0 Å². The first kappa shape index (κ1) is 10.3. The molecule has 0 radical (unpaired) electrons. The molecule has 2 N–H and O–H groups in total. The Morgan fingerprint density at radius 2 is 1.82 bits per heavy atom. The summed E-state index contributed by atoms with van der Waals surface area (Å²) in [6, 6.07) is 0. The molecule has 0 aliphatic rings. The van der Waals surface area contributed by atoms with Gasteiger partial charge in [0.25, 0.3) is 5.95 Å². The Bertz CT molecular complexity index is 115. The van der Waals surface area contributed by atoms with Crippen LogP contribution >= 0.6 is 0 Å². The third-order valence-corrected chi connectivity index (χ3v) is 1.67. The van der Waals surface area contributed by atoms with Crippen LogP contribution in [0.4, 0.5) is 0 Å². The molecule has 0 aliphatic heterocycles. The summed E-state index contributed by atoms with van der Waals surface area (Å²) >= 11 is 0. The Labute approximate surface area is 68.0 Å². The standard InChI is InChI=1S/C8H17NO2/c1-3-9(4-2)7-5-6-8(10)11/h6,10-11H,3-5,7H2,1-2H3. The van der Waals surface area contributed by atoms with Crippen LogP contribution in [0.3, 0.4) is 0 Å². The van der Waals surface area contributed by atoms with Gasteiger partial charge < -0.3 is 15.1 Å². The van der Waals surface area contributed by atoms with Crippen LogP contribution < -0.4 is 0 Å². The van der Waals surface area contributed by atoms with E-state index in [4.69, 9.17) is 10.2 Å². The highest BCUT2D eigenvalue weighted by molar-refractivity contribution is 4.79. The molecule has 3 nitrogen and oxygen atoms in total. The quantitative estimate of drug-likeness (QED) is 0.600. The summed E-state index contributed by atoms with van der Waals surface area (Å²) in [4.78, 5) is 2.22. The average molecular weight is 159 g/mol. The Kier molecular flexibility index (Phi) is 5.65. The highest BCUT2D eigenvalue weighted by Gasteiger charge is 1.96. The van der Waals surface area contributed by atoms with E-state index in [0.29, 0.717) is 6.42 Å². The van der Waals surface area contributed by atoms with Gasteiger partial charge in [-0.25, -0.2) is 0 Å². The lowest BCUT2D eigenvalue weighted by atomic mass is 10.3. The first-order valence-electron chi connectivity index (χ1n) is 4.01. The van der Waals surface area contributed by atoms with Gasteiger partial charge in [0.1, 0.15) is 0 Å². The fourth-order valence-corrected chi connectivity index (χ4v) is 0.916. The van der Waals surface area contributed by atoms with E-state index in [1.807, 2.05) is 0 Å². The van der Waals surface area contributed by atoms with Crippen molar-refractivity contribution >= 4 is 0 Å². The van der Waals surface area contributed by atoms with Crippen LogP contribution in [0.25, 0.3) is 0 Å². The fourth-order valence-electron chi connectivity index (χ4n) is 0.916. The summed E-state index contributed by atoms with van der Waals surface area (Å²) in [5.41, 5.74) is 0. The monoisotopic (exact) mass is 159 g/mol. The topological polar surface area (TPSA) is 43.7 Å². The lowest BCUT2D eigenvalue weighted by Crippen LogP contribution is -2.23. The van der Waals surface area contributed by atoms with Crippen LogP contribution in [0.5, 0.6) is 0 Å². The number of hydrogen-bond donors (Lipinski definition) is 2. The summed E-state index contributed by atoms with van der Waals surface area (Å²) in [7, 11) is 0. The Morgan fingerprint density at radius 1 is 1.27 bits per heavy atom. The molecule has 0 bridgehead atoms. The minimum absolute atomic E-state index is 0.572. The van der Waals surface area contributed by atoms with E-state index in [2.05, 4.69) is 18.7 Å². The van der Waals surface area contributed by atoms with E-state index < -0.39 is 5.95 Å². The number of aliphatic hydroxyl groups excluding tert-OH is 1. The molecule has 0 spiro atoms. The second-order valence-corrected chi connectivity index (χ2v) is 2.38. The molecule has 0 heterocycles. The largest absolute Gasteiger partial charge is 0.481 e. The molecule has 66 valence electrons.